The monoisotopic (exact) mass is 781 g/mol. The highest BCUT2D eigenvalue weighted by molar-refractivity contribution is 6.21. The second-order valence-corrected chi connectivity index (χ2v) is 14.9. The van der Waals surface area contributed by atoms with Gasteiger partial charge in [0.15, 0.2) is 6.29 Å². The van der Waals surface area contributed by atoms with Crippen LogP contribution in [0.4, 0.5) is 0 Å². The average Bonchev–Trinajstić information content (AvgIpc) is 3.71. The molecule has 1 aromatic heterocycles. The van der Waals surface area contributed by atoms with E-state index in [-0.39, 0.29) is 31.7 Å². The number of aliphatic hydroxyl groups is 3. The Labute approximate surface area is 327 Å². The normalized spacial score (nSPS) is 33.6. The molecule has 56 heavy (non-hydrogen) atoms. The van der Waals surface area contributed by atoms with Crippen molar-refractivity contribution in [1.82, 2.24) is 24.8 Å². The number of esters is 1. The minimum atomic E-state index is -1.20. The van der Waals surface area contributed by atoms with Gasteiger partial charge < -0.3 is 43.9 Å². The Balaban J connectivity index is 1.29. The maximum absolute atomic E-state index is 13.1. The van der Waals surface area contributed by atoms with E-state index >= 15 is 0 Å². The number of cyclic esters (lactones) is 1. The van der Waals surface area contributed by atoms with Crippen LogP contribution >= 0.6 is 0 Å². The van der Waals surface area contributed by atoms with Gasteiger partial charge in [0.25, 0.3) is 11.8 Å². The van der Waals surface area contributed by atoms with Crippen LogP contribution in [-0.2, 0) is 41.8 Å². The summed E-state index contributed by atoms with van der Waals surface area (Å²) in [5.41, 5.74) is 1.18. The Morgan fingerprint density at radius 2 is 1.66 bits per heavy atom. The first kappa shape index (κ1) is 43.0. The zero-order chi connectivity index (χ0) is 40.5. The smallest absolute Gasteiger partial charge is 0.330 e. The third-order valence-corrected chi connectivity index (χ3v) is 10.3. The van der Waals surface area contributed by atoms with Gasteiger partial charge in [-0.3, -0.25) is 14.5 Å². The number of aliphatic hydroxyl groups excluding tert-OH is 3. The molecule has 0 spiro atoms. The molecule has 0 aliphatic carbocycles. The van der Waals surface area contributed by atoms with Crippen LogP contribution in [0.5, 0.6) is 0 Å². The predicted molar refractivity (Wildman–Crippen MR) is 202 cm³/mol. The fourth-order valence-corrected chi connectivity index (χ4v) is 7.42. The van der Waals surface area contributed by atoms with E-state index in [1.165, 1.54) is 17.9 Å². The van der Waals surface area contributed by atoms with Gasteiger partial charge in [0.05, 0.1) is 54.4 Å². The van der Waals surface area contributed by atoms with Gasteiger partial charge in [0.1, 0.15) is 30.7 Å². The maximum Gasteiger partial charge on any atom is 0.330 e. The standard InChI is InChI=1S/C40H55N5O11/c1-24-11-7-8-12-29(53-22-28-21-44(42-41-28)23-45-38(50)30-13-9-10-14-31(30)39(45)51)20-25(2)54-33(47)16-15-32(52-6)37(27(19-24)17-18-46)56-40-36(49)34(43(4)5)35(48)26(3)55-40/h7-16,21,24-27,29,32,34-37,40,46,48-49H,17-20,22-23H2,1-6H3/b11-7+,12-8+,16-15+/t24-,25-,26-,27?,29-,32+,34+,35-,36-,37+,40+/m1/s1. The molecular weight excluding hydrogens is 726 g/mol. The molecule has 11 atom stereocenters. The van der Waals surface area contributed by atoms with Crippen molar-refractivity contribution in [3.8, 4) is 0 Å². The fourth-order valence-electron chi connectivity index (χ4n) is 7.42. The van der Waals surface area contributed by atoms with Gasteiger partial charge in [-0.1, -0.05) is 48.6 Å². The number of carbonyl (C=O) groups excluding carboxylic acids is 3. The molecule has 0 radical (unpaired) electrons. The van der Waals surface area contributed by atoms with Crippen LogP contribution in [0, 0.1) is 11.8 Å². The molecule has 306 valence electrons. The lowest BCUT2D eigenvalue weighted by molar-refractivity contribution is -0.304. The van der Waals surface area contributed by atoms with E-state index in [1.807, 2.05) is 31.2 Å². The van der Waals surface area contributed by atoms with Gasteiger partial charge in [0.2, 0.25) is 0 Å². The SMILES string of the molecule is CO[C@H]1/C=C/C(=O)O[C@H](C)C[C@H](OCc2cn(CN3C(=O)c4ccccc4C3=O)nn2)/C=C/C=C/[C@@H](C)CC(CCO)[C@@H]1O[C@@H]1O[C@H](C)[C@@H](O)[C@H](N(C)C)[C@H]1O. The van der Waals surface area contributed by atoms with Crippen molar-refractivity contribution in [2.75, 3.05) is 27.8 Å². The summed E-state index contributed by atoms with van der Waals surface area (Å²) in [6, 6.07) is 6.00. The van der Waals surface area contributed by atoms with E-state index in [4.69, 9.17) is 23.7 Å². The Kier molecular flexibility index (Phi) is 15.2. The largest absolute Gasteiger partial charge is 0.459 e. The molecule has 5 rings (SSSR count). The highest BCUT2D eigenvalue weighted by atomic mass is 16.7. The van der Waals surface area contributed by atoms with Crippen molar-refractivity contribution in [3.63, 3.8) is 0 Å². The molecule has 2 amide bonds. The van der Waals surface area contributed by atoms with E-state index in [1.54, 1.807) is 69.4 Å². The number of hydrogen-bond donors (Lipinski definition) is 3. The number of methoxy groups -OCH3 is 1. The van der Waals surface area contributed by atoms with Crippen LogP contribution in [0.15, 0.2) is 66.9 Å². The molecule has 0 bridgehead atoms. The van der Waals surface area contributed by atoms with Crippen molar-refractivity contribution in [2.24, 2.45) is 11.8 Å². The van der Waals surface area contributed by atoms with E-state index in [0.29, 0.717) is 36.1 Å². The molecule has 16 nitrogen and oxygen atoms in total. The van der Waals surface area contributed by atoms with Crippen LogP contribution < -0.4 is 0 Å². The number of allylic oxidation sites excluding steroid dienone is 3. The summed E-state index contributed by atoms with van der Waals surface area (Å²) in [4.78, 5) is 41.6. The first-order valence-electron chi connectivity index (χ1n) is 19.0. The lowest BCUT2D eigenvalue weighted by Gasteiger charge is -2.46. The lowest BCUT2D eigenvalue weighted by atomic mass is 9.85. The van der Waals surface area contributed by atoms with Crippen molar-refractivity contribution < 1.29 is 53.4 Å². The zero-order valence-electron chi connectivity index (χ0n) is 32.8. The number of ether oxygens (including phenoxy) is 5. The molecule has 1 aromatic carbocycles. The van der Waals surface area contributed by atoms with Crippen molar-refractivity contribution in [3.05, 3.63) is 83.7 Å². The molecule has 3 N–H and O–H groups in total. The molecular formula is C40H55N5O11. The van der Waals surface area contributed by atoms with Gasteiger partial charge in [-0.2, -0.15) is 0 Å². The first-order chi connectivity index (χ1) is 26.8. The summed E-state index contributed by atoms with van der Waals surface area (Å²) in [7, 11) is 5.00. The van der Waals surface area contributed by atoms with Crippen molar-refractivity contribution in [2.45, 2.75) is 108 Å². The summed E-state index contributed by atoms with van der Waals surface area (Å²) >= 11 is 0. The molecule has 0 saturated carbocycles. The van der Waals surface area contributed by atoms with E-state index in [2.05, 4.69) is 10.3 Å². The Morgan fingerprint density at radius 3 is 2.32 bits per heavy atom. The number of hydrogen-bond acceptors (Lipinski definition) is 14. The van der Waals surface area contributed by atoms with E-state index in [9.17, 15) is 29.7 Å². The first-order valence-corrected chi connectivity index (χ1v) is 19.0. The molecule has 1 fully saturated rings. The Morgan fingerprint density at radius 1 is 0.964 bits per heavy atom. The Bertz CT molecular complexity index is 1690. The third kappa shape index (κ3) is 10.6. The number of imide groups is 1. The van der Waals surface area contributed by atoms with E-state index in [0.717, 1.165) is 4.90 Å². The highest BCUT2D eigenvalue weighted by Crippen LogP contribution is 2.32. The quantitative estimate of drug-likeness (QED) is 0.222. The second-order valence-electron chi connectivity index (χ2n) is 14.9. The number of nitrogens with zero attached hydrogens (tertiary/aromatic N) is 5. The number of fused-ring (bicyclic) bond motifs is 1. The summed E-state index contributed by atoms with van der Waals surface area (Å²) in [6.45, 7) is 5.33. The molecule has 2 aromatic rings. The average molecular weight is 782 g/mol. The van der Waals surface area contributed by atoms with Gasteiger partial charge in [-0.25, -0.2) is 9.48 Å². The minimum absolute atomic E-state index is 0.00428. The summed E-state index contributed by atoms with van der Waals surface area (Å²) in [5, 5.41) is 40.4. The maximum atomic E-state index is 13.1. The van der Waals surface area contributed by atoms with Crippen LogP contribution in [-0.4, -0.2) is 141 Å². The van der Waals surface area contributed by atoms with Crippen molar-refractivity contribution in [1.29, 1.82) is 0 Å². The van der Waals surface area contributed by atoms with Crippen LogP contribution in [0.2, 0.25) is 0 Å². The molecule has 1 saturated heterocycles. The summed E-state index contributed by atoms with van der Waals surface area (Å²) < 4.78 is 31.6. The van der Waals surface area contributed by atoms with Crippen LogP contribution in [0.25, 0.3) is 0 Å². The number of aromatic nitrogens is 3. The molecule has 3 aliphatic rings. The topological polar surface area (TPSA) is 195 Å². The highest BCUT2D eigenvalue weighted by Gasteiger charge is 2.46. The van der Waals surface area contributed by atoms with Gasteiger partial charge in [-0.15, -0.1) is 5.10 Å². The minimum Gasteiger partial charge on any atom is -0.459 e. The number of carbonyl (C=O) groups is 3. The van der Waals surface area contributed by atoms with Gasteiger partial charge in [-0.05, 0) is 70.8 Å². The predicted octanol–water partition coefficient (Wildman–Crippen LogP) is 2.24. The van der Waals surface area contributed by atoms with Crippen LogP contribution in [0.1, 0.15) is 66.4 Å². The molecule has 16 heteroatoms. The summed E-state index contributed by atoms with van der Waals surface area (Å²) in [6.07, 6.45) is 6.74. The molecule has 3 aliphatic heterocycles. The second kappa shape index (κ2) is 19.8. The van der Waals surface area contributed by atoms with Crippen LogP contribution in [0.3, 0.4) is 0 Å². The Hall–Kier alpha value is -4.13. The van der Waals surface area contributed by atoms with Gasteiger partial charge >= 0.3 is 5.97 Å². The van der Waals surface area contributed by atoms with Gasteiger partial charge in [0, 0.05) is 26.2 Å². The number of benzene rings is 1. The zero-order valence-corrected chi connectivity index (χ0v) is 32.8. The van der Waals surface area contributed by atoms with Crippen molar-refractivity contribution >= 4 is 17.8 Å². The number of likely N-dealkylation sites (N-methyl/N-ethyl adjacent to an activating group) is 1. The summed E-state index contributed by atoms with van der Waals surface area (Å²) in [5.74, 6) is -1.71. The fraction of sp³-hybridized carbons (Fsp3) is 0.575. The van der Waals surface area contributed by atoms with E-state index < -0.39 is 72.8 Å². The molecule has 4 heterocycles. The third-order valence-electron chi connectivity index (χ3n) is 10.3. The number of amides is 2. The lowest BCUT2D eigenvalue weighted by Crippen LogP contribution is -2.63. The number of rotatable bonds is 11. The molecule has 1 unspecified atom stereocenters.